The Morgan fingerprint density at radius 1 is 1.10 bits per heavy atom. The first kappa shape index (κ1) is 19.9. The van der Waals surface area contributed by atoms with Crippen molar-refractivity contribution in [1.29, 1.82) is 0 Å². The molecule has 0 bridgehead atoms. The SMILES string of the molecule is O=C(Nc1c2c(nn1-c1ccccc1)CCC2)C1=NN(C2CCS(=O)(=O)C2)C(=O)CC1. The Labute approximate surface area is 180 Å². The van der Waals surface area contributed by atoms with E-state index < -0.39 is 15.9 Å². The number of fused-ring (bicyclic) bond motifs is 1. The number of amides is 2. The van der Waals surface area contributed by atoms with Crippen molar-refractivity contribution in [1.82, 2.24) is 14.8 Å². The number of aryl methyl sites for hydroxylation is 1. The molecule has 1 aromatic heterocycles. The van der Waals surface area contributed by atoms with Crippen molar-refractivity contribution in [2.24, 2.45) is 5.10 Å². The zero-order valence-electron chi connectivity index (χ0n) is 17.0. The number of para-hydroxylation sites is 1. The lowest BCUT2D eigenvalue weighted by molar-refractivity contribution is -0.133. The van der Waals surface area contributed by atoms with Crippen molar-refractivity contribution in [2.75, 3.05) is 16.8 Å². The first-order valence-corrected chi connectivity index (χ1v) is 12.3. The molecule has 31 heavy (non-hydrogen) atoms. The van der Waals surface area contributed by atoms with Gasteiger partial charge in [0.15, 0.2) is 9.84 Å². The fourth-order valence-electron chi connectivity index (χ4n) is 4.44. The standard InChI is InChI=1S/C21H23N5O4S/c27-19-10-9-18(24-25(19)15-11-12-31(29,30)13-15)21(28)22-20-16-7-4-8-17(16)23-26(20)14-5-2-1-3-6-14/h1-3,5-6,15H,4,7-13H2,(H,22,28). The molecule has 0 radical (unpaired) electrons. The monoisotopic (exact) mass is 441 g/mol. The van der Waals surface area contributed by atoms with Gasteiger partial charge in [0.1, 0.15) is 11.5 Å². The molecule has 10 heteroatoms. The van der Waals surface area contributed by atoms with E-state index in [0.29, 0.717) is 12.2 Å². The summed E-state index contributed by atoms with van der Waals surface area (Å²) in [6.45, 7) is 0. The molecular formula is C21H23N5O4S. The van der Waals surface area contributed by atoms with Gasteiger partial charge in [-0.3, -0.25) is 9.59 Å². The molecule has 1 fully saturated rings. The van der Waals surface area contributed by atoms with Crippen LogP contribution in [0, 0.1) is 0 Å². The first-order valence-electron chi connectivity index (χ1n) is 10.5. The van der Waals surface area contributed by atoms with Crippen LogP contribution >= 0.6 is 0 Å². The van der Waals surface area contributed by atoms with Gasteiger partial charge < -0.3 is 5.32 Å². The summed E-state index contributed by atoms with van der Waals surface area (Å²) in [7, 11) is -3.17. The molecule has 1 atom stereocenters. The lowest BCUT2D eigenvalue weighted by Crippen LogP contribution is -2.42. The number of carbonyl (C=O) groups is 2. The molecule has 9 nitrogen and oxygen atoms in total. The van der Waals surface area contributed by atoms with Gasteiger partial charge in [-0.1, -0.05) is 18.2 Å². The number of hydrogen-bond donors (Lipinski definition) is 1. The molecule has 5 rings (SSSR count). The Kier molecular flexibility index (Phi) is 4.88. The second-order valence-corrected chi connectivity index (χ2v) is 10.4. The Balaban J connectivity index is 1.43. The summed E-state index contributed by atoms with van der Waals surface area (Å²) in [6.07, 6.45) is 3.42. The molecule has 1 N–H and O–H groups in total. The number of hydrazone groups is 1. The van der Waals surface area contributed by atoms with Gasteiger partial charge in [0.25, 0.3) is 5.91 Å². The zero-order chi connectivity index (χ0) is 21.6. The van der Waals surface area contributed by atoms with Crippen LogP contribution in [0.15, 0.2) is 35.4 Å². The number of sulfone groups is 1. The van der Waals surface area contributed by atoms with E-state index >= 15 is 0 Å². The highest BCUT2D eigenvalue weighted by molar-refractivity contribution is 7.91. The van der Waals surface area contributed by atoms with E-state index in [-0.39, 0.29) is 41.9 Å². The lowest BCUT2D eigenvalue weighted by Gasteiger charge is -2.27. The fourth-order valence-corrected chi connectivity index (χ4v) is 6.14. The minimum atomic E-state index is -3.17. The topological polar surface area (TPSA) is 114 Å². The number of benzene rings is 1. The number of aromatic nitrogens is 2. The summed E-state index contributed by atoms with van der Waals surface area (Å²) in [5.41, 5.74) is 3.10. The van der Waals surface area contributed by atoms with Gasteiger partial charge in [0, 0.05) is 18.4 Å². The zero-order valence-corrected chi connectivity index (χ0v) is 17.8. The van der Waals surface area contributed by atoms with Crippen LogP contribution in [0.1, 0.15) is 36.9 Å². The molecule has 1 aliphatic carbocycles. The van der Waals surface area contributed by atoms with Crippen LogP contribution in [0.4, 0.5) is 5.82 Å². The summed E-state index contributed by atoms with van der Waals surface area (Å²) >= 11 is 0. The molecule has 2 aliphatic heterocycles. The van der Waals surface area contributed by atoms with Crippen molar-refractivity contribution in [3.8, 4) is 5.69 Å². The van der Waals surface area contributed by atoms with E-state index in [1.54, 1.807) is 4.68 Å². The first-order chi connectivity index (χ1) is 14.9. The largest absolute Gasteiger partial charge is 0.305 e. The van der Waals surface area contributed by atoms with Crippen LogP contribution < -0.4 is 5.32 Å². The number of nitrogens with zero attached hydrogens (tertiary/aromatic N) is 4. The lowest BCUT2D eigenvalue weighted by atomic mass is 10.1. The minimum Gasteiger partial charge on any atom is -0.305 e. The highest BCUT2D eigenvalue weighted by Gasteiger charge is 2.37. The van der Waals surface area contributed by atoms with Crippen LogP contribution in [0.2, 0.25) is 0 Å². The van der Waals surface area contributed by atoms with Crippen LogP contribution in [-0.4, -0.2) is 58.3 Å². The molecule has 1 aromatic carbocycles. The second kappa shape index (κ2) is 7.60. The second-order valence-electron chi connectivity index (χ2n) is 8.17. The molecule has 2 amide bonds. The number of rotatable bonds is 4. The van der Waals surface area contributed by atoms with E-state index in [1.807, 2.05) is 30.3 Å². The van der Waals surface area contributed by atoms with Crippen molar-refractivity contribution >= 4 is 33.2 Å². The Morgan fingerprint density at radius 2 is 1.90 bits per heavy atom. The maximum atomic E-state index is 13.1. The maximum absolute atomic E-state index is 13.1. The molecule has 3 heterocycles. The molecule has 2 aromatic rings. The number of nitrogens with one attached hydrogen (secondary N) is 1. The van der Waals surface area contributed by atoms with E-state index in [0.717, 1.165) is 36.2 Å². The van der Waals surface area contributed by atoms with E-state index in [4.69, 9.17) is 5.10 Å². The normalized spacial score (nSPS) is 22.3. The van der Waals surface area contributed by atoms with Crippen molar-refractivity contribution in [3.63, 3.8) is 0 Å². The Bertz CT molecular complexity index is 1190. The number of carbonyl (C=O) groups excluding carboxylic acids is 2. The Morgan fingerprint density at radius 3 is 2.65 bits per heavy atom. The summed E-state index contributed by atoms with van der Waals surface area (Å²) in [4.78, 5) is 25.5. The third kappa shape index (κ3) is 3.76. The Hall–Kier alpha value is -3.01. The third-order valence-electron chi connectivity index (χ3n) is 6.02. The van der Waals surface area contributed by atoms with Crippen LogP contribution in [0.3, 0.4) is 0 Å². The van der Waals surface area contributed by atoms with Gasteiger partial charge in [-0.25, -0.2) is 18.1 Å². The van der Waals surface area contributed by atoms with Crippen molar-refractivity contribution < 1.29 is 18.0 Å². The predicted octanol–water partition coefficient (Wildman–Crippen LogP) is 1.46. The van der Waals surface area contributed by atoms with Gasteiger partial charge in [0.05, 0.1) is 28.9 Å². The molecular weight excluding hydrogens is 418 g/mol. The van der Waals surface area contributed by atoms with Crippen LogP contribution in [0.5, 0.6) is 0 Å². The van der Waals surface area contributed by atoms with Gasteiger partial charge >= 0.3 is 0 Å². The number of hydrogen-bond acceptors (Lipinski definition) is 6. The molecule has 0 saturated carbocycles. The maximum Gasteiger partial charge on any atom is 0.273 e. The predicted molar refractivity (Wildman–Crippen MR) is 115 cm³/mol. The van der Waals surface area contributed by atoms with Gasteiger partial charge in [-0.15, -0.1) is 0 Å². The molecule has 3 aliphatic rings. The van der Waals surface area contributed by atoms with Gasteiger partial charge in [-0.05, 0) is 37.8 Å². The molecule has 1 saturated heterocycles. The summed E-state index contributed by atoms with van der Waals surface area (Å²) < 4.78 is 25.4. The van der Waals surface area contributed by atoms with Gasteiger partial charge in [0.2, 0.25) is 5.91 Å². The molecule has 0 spiro atoms. The van der Waals surface area contributed by atoms with Crippen molar-refractivity contribution in [2.45, 2.75) is 44.6 Å². The summed E-state index contributed by atoms with van der Waals surface area (Å²) in [5.74, 6) is -0.0518. The third-order valence-corrected chi connectivity index (χ3v) is 7.77. The van der Waals surface area contributed by atoms with E-state index in [9.17, 15) is 18.0 Å². The smallest absolute Gasteiger partial charge is 0.273 e. The summed E-state index contributed by atoms with van der Waals surface area (Å²) in [5, 5.41) is 13.2. The highest BCUT2D eigenvalue weighted by atomic mass is 32.2. The van der Waals surface area contributed by atoms with Gasteiger partial charge in [-0.2, -0.15) is 10.2 Å². The summed E-state index contributed by atoms with van der Waals surface area (Å²) in [6, 6.07) is 9.11. The molecule has 1 unspecified atom stereocenters. The fraction of sp³-hybridized carbons (Fsp3) is 0.429. The highest BCUT2D eigenvalue weighted by Crippen LogP contribution is 2.31. The number of anilines is 1. The van der Waals surface area contributed by atoms with Crippen LogP contribution in [-0.2, 0) is 32.3 Å². The van der Waals surface area contributed by atoms with E-state index in [1.165, 1.54) is 5.01 Å². The van der Waals surface area contributed by atoms with Crippen molar-refractivity contribution in [3.05, 3.63) is 41.6 Å². The quantitative estimate of drug-likeness (QED) is 0.772. The average Bonchev–Trinajstić information content (AvgIpc) is 3.44. The molecule has 162 valence electrons. The van der Waals surface area contributed by atoms with E-state index in [2.05, 4.69) is 10.4 Å². The average molecular weight is 442 g/mol. The van der Waals surface area contributed by atoms with Crippen LogP contribution in [0.25, 0.3) is 5.69 Å². The minimum absolute atomic E-state index is 0.0426.